The highest BCUT2D eigenvalue weighted by molar-refractivity contribution is 6.07. The van der Waals surface area contributed by atoms with Crippen LogP contribution in [0.15, 0.2) is 42.6 Å². The molecule has 0 aliphatic rings. The van der Waals surface area contributed by atoms with Crippen LogP contribution in [0.3, 0.4) is 0 Å². The number of aromatic nitrogens is 3. The number of likely N-dealkylation sites (N-methyl/N-ethyl adjacent to an activating group) is 1. The highest BCUT2D eigenvalue weighted by atomic mass is 16.6. The summed E-state index contributed by atoms with van der Waals surface area (Å²) in [5.74, 6) is -0.688. The monoisotopic (exact) mass is 465 g/mol. The van der Waals surface area contributed by atoms with Crippen LogP contribution in [0.25, 0.3) is 22.3 Å². The van der Waals surface area contributed by atoms with E-state index in [0.29, 0.717) is 35.4 Å². The summed E-state index contributed by atoms with van der Waals surface area (Å²) >= 11 is 0. The van der Waals surface area contributed by atoms with Crippen LogP contribution in [0.1, 0.15) is 51.0 Å². The molecule has 0 N–H and O–H groups in total. The Kier molecular flexibility index (Phi) is 7.71. The van der Waals surface area contributed by atoms with Crippen molar-refractivity contribution in [2.75, 3.05) is 33.7 Å². The lowest BCUT2D eigenvalue weighted by Crippen LogP contribution is -2.42. The normalized spacial score (nSPS) is 11.9. The summed E-state index contributed by atoms with van der Waals surface area (Å²) in [7, 11) is 3.86. The Morgan fingerprint density at radius 3 is 2.35 bits per heavy atom. The Balaban J connectivity index is 2.08. The third-order valence-electron chi connectivity index (χ3n) is 5.20. The zero-order chi connectivity index (χ0) is 25.0. The van der Waals surface area contributed by atoms with Gasteiger partial charge in [0, 0.05) is 24.7 Å². The molecular formula is C26H35N5O3. The predicted molar refractivity (Wildman–Crippen MR) is 134 cm³/mol. The summed E-state index contributed by atoms with van der Waals surface area (Å²) < 4.78 is 7.32. The Bertz CT molecular complexity index is 1150. The molecule has 0 aliphatic carbocycles. The molecule has 0 radical (unpaired) electrons. The first kappa shape index (κ1) is 25.4. The molecule has 0 fully saturated rings. The molecule has 1 amide bonds. The summed E-state index contributed by atoms with van der Waals surface area (Å²) in [4.78, 5) is 34.9. The van der Waals surface area contributed by atoms with Gasteiger partial charge in [0.2, 0.25) is 0 Å². The van der Waals surface area contributed by atoms with Crippen molar-refractivity contribution in [3.63, 3.8) is 0 Å². The van der Waals surface area contributed by atoms with E-state index >= 15 is 0 Å². The minimum Gasteiger partial charge on any atom is -0.459 e. The fraction of sp³-hybridized carbons (Fsp3) is 0.462. The number of amides is 1. The minimum absolute atomic E-state index is 0.0746. The molecule has 182 valence electrons. The van der Waals surface area contributed by atoms with Gasteiger partial charge >= 0.3 is 5.97 Å². The van der Waals surface area contributed by atoms with E-state index in [9.17, 15) is 9.59 Å². The van der Waals surface area contributed by atoms with E-state index in [4.69, 9.17) is 9.72 Å². The van der Waals surface area contributed by atoms with E-state index in [1.807, 2.05) is 88.6 Å². The van der Waals surface area contributed by atoms with E-state index < -0.39 is 11.6 Å². The van der Waals surface area contributed by atoms with E-state index in [-0.39, 0.29) is 18.5 Å². The van der Waals surface area contributed by atoms with Crippen LogP contribution in [-0.2, 0) is 9.53 Å². The first-order chi connectivity index (χ1) is 16.0. The zero-order valence-electron chi connectivity index (χ0n) is 21.2. The molecule has 0 bridgehead atoms. The smallest absolute Gasteiger partial charge is 0.326 e. The molecule has 8 heteroatoms. The van der Waals surface area contributed by atoms with Crippen molar-refractivity contribution in [1.82, 2.24) is 24.6 Å². The molecule has 0 spiro atoms. The van der Waals surface area contributed by atoms with Gasteiger partial charge in [-0.25, -0.2) is 9.67 Å². The first-order valence-electron chi connectivity index (χ1n) is 11.6. The molecule has 0 aliphatic heterocycles. The summed E-state index contributed by atoms with van der Waals surface area (Å²) in [6.07, 6.45) is 1.68. The fourth-order valence-corrected chi connectivity index (χ4v) is 3.60. The van der Waals surface area contributed by atoms with Gasteiger partial charge in [0.25, 0.3) is 5.91 Å². The molecule has 3 rings (SSSR count). The molecular weight excluding hydrogens is 430 g/mol. The highest BCUT2D eigenvalue weighted by Crippen LogP contribution is 2.27. The SMILES string of the molecule is CC(C)n1ncc2c(C(=O)N(CCN(C)C)CC(=O)OC(C)(C)C)cc(-c3ccccc3)nc21. The van der Waals surface area contributed by atoms with Crippen LogP contribution in [-0.4, -0.2) is 75.8 Å². The molecule has 2 aromatic heterocycles. The van der Waals surface area contributed by atoms with Crippen molar-refractivity contribution in [2.24, 2.45) is 0 Å². The summed E-state index contributed by atoms with van der Waals surface area (Å²) in [5.41, 5.74) is 2.07. The second-order valence-electron chi connectivity index (χ2n) is 9.96. The number of rotatable bonds is 8. The summed E-state index contributed by atoms with van der Waals surface area (Å²) in [6, 6.07) is 11.6. The molecule has 8 nitrogen and oxygen atoms in total. The number of carbonyl (C=O) groups excluding carboxylic acids is 2. The lowest BCUT2D eigenvalue weighted by molar-refractivity contribution is -0.155. The quantitative estimate of drug-likeness (QED) is 0.468. The van der Waals surface area contributed by atoms with Crippen molar-refractivity contribution < 1.29 is 14.3 Å². The van der Waals surface area contributed by atoms with Gasteiger partial charge in [-0.15, -0.1) is 0 Å². The van der Waals surface area contributed by atoms with Gasteiger partial charge in [-0.2, -0.15) is 5.10 Å². The predicted octanol–water partition coefficient (Wildman–Crippen LogP) is 4.02. The maximum Gasteiger partial charge on any atom is 0.326 e. The zero-order valence-corrected chi connectivity index (χ0v) is 21.2. The van der Waals surface area contributed by atoms with Crippen LogP contribution in [0, 0.1) is 0 Å². The number of fused-ring (bicyclic) bond motifs is 1. The van der Waals surface area contributed by atoms with Gasteiger partial charge in [0.05, 0.1) is 22.8 Å². The maximum atomic E-state index is 13.9. The van der Waals surface area contributed by atoms with E-state index in [2.05, 4.69) is 5.10 Å². The molecule has 0 saturated heterocycles. The molecule has 34 heavy (non-hydrogen) atoms. The number of ether oxygens (including phenoxy) is 1. The van der Waals surface area contributed by atoms with Crippen LogP contribution >= 0.6 is 0 Å². The molecule has 0 unspecified atom stereocenters. The average molecular weight is 466 g/mol. The van der Waals surface area contributed by atoms with Crippen LogP contribution in [0.4, 0.5) is 0 Å². The van der Waals surface area contributed by atoms with Crippen LogP contribution in [0.5, 0.6) is 0 Å². The maximum absolute atomic E-state index is 13.9. The fourth-order valence-electron chi connectivity index (χ4n) is 3.60. The molecule has 1 aromatic carbocycles. The summed E-state index contributed by atoms with van der Waals surface area (Å²) in [5, 5.41) is 5.16. The van der Waals surface area contributed by atoms with E-state index in [0.717, 1.165) is 5.56 Å². The van der Waals surface area contributed by atoms with Gasteiger partial charge in [-0.3, -0.25) is 9.59 Å². The molecule has 2 heterocycles. The third kappa shape index (κ3) is 6.20. The van der Waals surface area contributed by atoms with Gasteiger partial charge in [0.1, 0.15) is 12.1 Å². The van der Waals surface area contributed by atoms with Crippen LogP contribution < -0.4 is 0 Å². The van der Waals surface area contributed by atoms with Crippen molar-refractivity contribution in [1.29, 1.82) is 0 Å². The highest BCUT2D eigenvalue weighted by Gasteiger charge is 2.26. The number of nitrogens with zero attached hydrogens (tertiary/aromatic N) is 5. The van der Waals surface area contributed by atoms with E-state index in [1.165, 1.54) is 0 Å². The van der Waals surface area contributed by atoms with Gasteiger partial charge in [0.15, 0.2) is 5.65 Å². The molecule has 3 aromatic rings. The van der Waals surface area contributed by atoms with Crippen molar-refractivity contribution in [3.8, 4) is 11.3 Å². The average Bonchev–Trinajstić information content (AvgIpc) is 3.19. The van der Waals surface area contributed by atoms with E-state index in [1.54, 1.807) is 17.2 Å². The minimum atomic E-state index is -0.629. The molecule has 0 saturated carbocycles. The second kappa shape index (κ2) is 10.3. The topological polar surface area (TPSA) is 80.6 Å². The Morgan fingerprint density at radius 1 is 1.09 bits per heavy atom. The first-order valence-corrected chi connectivity index (χ1v) is 11.6. The number of benzene rings is 1. The lowest BCUT2D eigenvalue weighted by Gasteiger charge is -2.26. The largest absolute Gasteiger partial charge is 0.459 e. The number of pyridine rings is 1. The Morgan fingerprint density at radius 2 is 1.76 bits per heavy atom. The molecule has 0 atom stereocenters. The second-order valence-corrected chi connectivity index (χ2v) is 9.96. The third-order valence-corrected chi connectivity index (χ3v) is 5.20. The van der Waals surface area contributed by atoms with Gasteiger partial charge in [-0.1, -0.05) is 30.3 Å². The number of esters is 1. The van der Waals surface area contributed by atoms with Gasteiger partial charge in [-0.05, 0) is 54.8 Å². The summed E-state index contributed by atoms with van der Waals surface area (Å²) in [6.45, 7) is 10.4. The number of hydrogen-bond acceptors (Lipinski definition) is 6. The van der Waals surface area contributed by atoms with Crippen molar-refractivity contribution >= 4 is 22.9 Å². The standard InChI is InChI=1S/C26H35N5O3/c1-18(2)31-24-21(16-27-31)20(15-22(28-24)19-11-9-8-10-12-19)25(33)30(14-13-29(6)7)17-23(32)34-26(3,4)5/h8-12,15-16,18H,13-14,17H2,1-7H3. The number of hydrogen-bond donors (Lipinski definition) is 0. The van der Waals surface area contributed by atoms with Crippen molar-refractivity contribution in [3.05, 3.63) is 48.2 Å². The number of carbonyl (C=O) groups is 2. The van der Waals surface area contributed by atoms with Crippen molar-refractivity contribution in [2.45, 2.75) is 46.3 Å². The Labute approximate surface area is 201 Å². The Hall–Kier alpha value is -3.26. The van der Waals surface area contributed by atoms with Gasteiger partial charge < -0.3 is 14.5 Å². The lowest BCUT2D eigenvalue weighted by atomic mass is 10.1. The van der Waals surface area contributed by atoms with Crippen LogP contribution in [0.2, 0.25) is 0 Å².